The molecular formula is C19H18F2N2O3S2. The van der Waals surface area contributed by atoms with Gasteiger partial charge in [-0.15, -0.1) is 22.7 Å². The predicted octanol–water partition coefficient (Wildman–Crippen LogP) is 4.82. The largest absolute Gasteiger partial charge is 0.466 e. The van der Waals surface area contributed by atoms with Crippen LogP contribution in [-0.2, 0) is 20.9 Å². The van der Waals surface area contributed by atoms with Crippen LogP contribution in [0, 0.1) is 18.6 Å². The van der Waals surface area contributed by atoms with E-state index in [0.29, 0.717) is 15.5 Å². The van der Waals surface area contributed by atoms with Crippen molar-refractivity contribution >= 4 is 49.8 Å². The summed E-state index contributed by atoms with van der Waals surface area (Å²) in [5.74, 6) is -2.57. The number of carbonyl (C=O) groups excluding carboxylic acids is 2. The van der Waals surface area contributed by atoms with Crippen LogP contribution >= 0.6 is 22.7 Å². The molecule has 148 valence electrons. The Kier molecular flexibility index (Phi) is 6.35. The standard InChI is InChI=1S/C19H18F2N2O3S2/c1-3-26-17(25)7-6-15(24)23(16-8-11(2)10-27-16)9-14-22-13-5-4-12(20)18(21)19(13)28-14/h4-5,8,10H,3,6-7,9H2,1-2H3. The molecule has 28 heavy (non-hydrogen) atoms. The monoisotopic (exact) mass is 424 g/mol. The number of hydrogen-bond acceptors (Lipinski definition) is 6. The molecule has 0 fully saturated rings. The first-order chi connectivity index (χ1) is 13.4. The van der Waals surface area contributed by atoms with Crippen LogP contribution in [0.4, 0.5) is 13.8 Å². The number of halogens is 2. The van der Waals surface area contributed by atoms with Crippen LogP contribution in [0.2, 0.25) is 0 Å². The Balaban J connectivity index is 1.84. The number of aromatic nitrogens is 1. The number of anilines is 1. The highest BCUT2D eigenvalue weighted by molar-refractivity contribution is 7.18. The van der Waals surface area contributed by atoms with Crippen molar-refractivity contribution in [2.24, 2.45) is 0 Å². The number of carbonyl (C=O) groups is 2. The zero-order valence-corrected chi connectivity index (χ0v) is 17.0. The third-order valence-corrected chi connectivity index (χ3v) is 6.04. The molecule has 3 rings (SSSR count). The van der Waals surface area contributed by atoms with Crippen LogP contribution in [0.25, 0.3) is 10.2 Å². The lowest BCUT2D eigenvalue weighted by Crippen LogP contribution is -2.30. The first-order valence-electron chi connectivity index (χ1n) is 8.63. The predicted molar refractivity (Wildman–Crippen MR) is 106 cm³/mol. The lowest BCUT2D eigenvalue weighted by atomic mass is 10.2. The number of esters is 1. The summed E-state index contributed by atoms with van der Waals surface area (Å²) in [5.41, 5.74) is 1.35. The molecule has 1 aromatic carbocycles. The van der Waals surface area contributed by atoms with E-state index < -0.39 is 17.6 Å². The number of benzene rings is 1. The zero-order valence-electron chi connectivity index (χ0n) is 15.3. The van der Waals surface area contributed by atoms with Gasteiger partial charge in [0.25, 0.3) is 0 Å². The van der Waals surface area contributed by atoms with Crippen molar-refractivity contribution in [2.75, 3.05) is 11.5 Å². The summed E-state index contributed by atoms with van der Waals surface area (Å²) < 4.78 is 32.4. The van der Waals surface area contributed by atoms with Gasteiger partial charge >= 0.3 is 5.97 Å². The average molecular weight is 424 g/mol. The molecule has 0 atom stereocenters. The van der Waals surface area contributed by atoms with Gasteiger partial charge in [-0.3, -0.25) is 14.5 Å². The Morgan fingerprint density at radius 2 is 2.04 bits per heavy atom. The molecule has 2 aromatic heterocycles. The Hall–Kier alpha value is -2.39. The second-order valence-electron chi connectivity index (χ2n) is 6.06. The average Bonchev–Trinajstić information content (AvgIpc) is 3.27. The summed E-state index contributed by atoms with van der Waals surface area (Å²) in [6, 6.07) is 4.31. The number of thiophene rings is 1. The number of thiazole rings is 1. The molecule has 1 amide bonds. The fraction of sp³-hybridized carbons (Fsp3) is 0.316. The van der Waals surface area contributed by atoms with Gasteiger partial charge in [-0.05, 0) is 43.0 Å². The smallest absolute Gasteiger partial charge is 0.306 e. The molecule has 0 saturated carbocycles. The molecular weight excluding hydrogens is 406 g/mol. The minimum Gasteiger partial charge on any atom is -0.466 e. The molecule has 0 aliphatic rings. The summed E-state index contributed by atoms with van der Waals surface area (Å²) in [6.45, 7) is 3.99. The van der Waals surface area contributed by atoms with Gasteiger partial charge in [0.1, 0.15) is 5.01 Å². The van der Waals surface area contributed by atoms with Crippen molar-refractivity contribution < 1.29 is 23.1 Å². The van der Waals surface area contributed by atoms with E-state index in [2.05, 4.69) is 4.98 Å². The number of fused-ring (bicyclic) bond motifs is 1. The van der Waals surface area contributed by atoms with Gasteiger partial charge in [0.2, 0.25) is 5.91 Å². The first-order valence-corrected chi connectivity index (χ1v) is 10.3. The SMILES string of the molecule is CCOC(=O)CCC(=O)N(Cc1nc2ccc(F)c(F)c2s1)c1cc(C)cs1. The van der Waals surface area contributed by atoms with E-state index in [1.807, 2.05) is 18.4 Å². The Morgan fingerprint density at radius 1 is 1.25 bits per heavy atom. The number of amides is 1. The van der Waals surface area contributed by atoms with Crippen LogP contribution in [0.1, 0.15) is 30.3 Å². The highest BCUT2D eigenvalue weighted by atomic mass is 32.1. The molecule has 5 nitrogen and oxygen atoms in total. The maximum atomic E-state index is 14.0. The molecule has 0 radical (unpaired) electrons. The third kappa shape index (κ3) is 4.53. The van der Waals surface area contributed by atoms with Crippen molar-refractivity contribution in [3.8, 4) is 0 Å². The second kappa shape index (κ2) is 8.74. The van der Waals surface area contributed by atoms with Crippen molar-refractivity contribution in [3.05, 3.63) is 45.8 Å². The number of rotatable bonds is 7. The van der Waals surface area contributed by atoms with E-state index in [9.17, 15) is 18.4 Å². The second-order valence-corrected chi connectivity index (χ2v) is 8.04. The quantitative estimate of drug-likeness (QED) is 0.510. The normalized spacial score (nSPS) is 11.0. The minimum atomic E-state index is -0.937. The number of ether oxygens (including phenoxy) is 1. The Bertz CT molecular complexity index is 1020. The van der Waals surface area contributed by atoms with Crippen molar-refractivity contribution in [1.29, 1.82) is 0 Å². The fourth-order valence-corrected chi connectivity index (χ4v) is 4.51. The van der Waals surface area contributed by atoms with E-state index in [0.717, 1.165) is 23.0 Å². The van der Waals surface area contributed by atoms with E-state index in [4.69, 9.17) is 4.74 Å². The van der Waals surface area contributed by atoms with Crippen LogP contribution in [-0.4, -0.2) is 23.5 Å². The van der Waals surface area contributed by atoms with Gasteiger partial charge < -0.3 is 4.74 Å². The highest BCUT2D eigenvalue weighted by Crippen LogP contribution is 2.31. The van der Waals surface area contributed by atoms with E-state index in [1.165, 1.54) is 22.3 Å². The topological polar surface area (TPSA) is 59.5 Å². The number of nitrogens with zero attached hydrogens (tertiary/aromatic N) is 2. The molecule has 0 aliphatic carbocycles. The van der Waals surface area contributed by atoms with E-state index >= 15 is 0 Å². The molecule has 9 heteroatoms. The number of hydrogen-bond donors (Lipinski definition) is 0. The summed E-state index contributed by atoms with van der Waals surface area (Å²) in [4.78, 5) is 30.2. The van der Waals surface area contributed by atoms with Crippen LogP contribution < -0.4 is 4.90 Å². The Morgan fingerprint density at radius 3 is 2.71 bits per heavy atom. The molecule has 3 aromatic rings. The van der Waals surface area contributed by atoms with E-state index in [-0.39, 0.29) is 36.6 Å². The lowest BCUT2D eigenvalue weighted by Gasteiger charge is -2.19. The molecule has 0 spiro atoms. The van der Waals surface area contributed by atoms with Gasteiger partial charge in [-0.25, -0.2) is 13.8 Å². The summed E-state index contributed by atoms with van der Waals surface area (Å²) >= 11 is 2.40. The van der Waals surface area contributed by atoms with Gasteiger partial charge in [-0.2, -0.15) is 0 Å². The van der Waals surface area contributed by atoms with Gasteiger partial charge in [0.05, 0.1) is 34.8 Å². The maximum Gasteiger partial charge on any atom is 0.306 e. The molecule has 0 N–H and O–H groups in total. The minimum absolute atomic E-state index is 0.0103. The van der Waals surface area contributed by atoms with Gasteiger partial charge in [0.15, 0.2) is 11.6 Å². The van der Waals surface area contributed by atoms with Crippen LogP contribution in [0.3, 0.4) is 0 Å². The zero-order chi connectivity index (χ0) is 20.3. The van der Waals surface area contributed by atoms with Crippen molar-refractivity contribution in [3.63, 3.8) is 0 Å². The highest BCUT2D eigenvalue weighted by Gasteiger charge is 2.22. The van der Waals surface area contributed by atoms with Crippen molar-refractivity contribution in [2.45, 2.75) is 33.2 Å². The van der Waals surface area contributed by atoms with Crippen molar-refractivity contribution in [1.82, 2.24) is 4.98 Å². The maximum absolute atomic E-state index is 14.0. The summed E-state index contributed by atoms with van der Waals surface area (Å²) in [5, 5.41) is 3.10. The molecule has 0 aliphatic heterocycles. The summed E-state index contributed by atoms with van der Waals surface area (Å²) in [7, 11) is 0. The fourth-order valence-electron chi connectivity index (χ4n) is 2.61. The lowest BCUT2D eigenvalue weighted by molar-refractivity contribution is -0.144. The van der Waals surface area contributed by atoms with E-state index in [1.54, 1.807) is 6.92 Å². The van der Waals surface area contributed by atoms with Crippen LogP contribution in [0.5, 0.6) is 0 Å². The summed E-state index contributed by atoms with van der Waals surface area (Å²) in [6.07, 6.45) is -0.0309. The third-order valence-electron chi connectivity index (χ3n) is 3.92. The van der Waals surface area contributed by atoms with Crippen LogP contribution in [0.15, 0.2) is 23.6 Å². The number of aryl methyl sites for hydroxylation is 1. The first kappa shape index (κ1) is 20.3. The van der Waals surface area contributed by atoms with Gasteiger partial charge in [0, 0.05) is 6.42 Å². The Labute approximate surface area is 168 Å². The molecule has 0 saturated heterocycles. The van der Waals surface area contributed by atoms with Gasteiger partial charge in [-0.1, -0.05) is 0 Å². The molecule has 2 heterocycles. The molecule has 0 bridgehead atoms. The molecule has 0 unspecified atom stereocenters.